The lowest BCUT2D eigenvalue weighted by Crippen LogP contribution is -2.28. The highest BCUT2D eigenvalue weighted by Gasteiger charge is 2.53. The lowest BCUT2D eigenvalue weighted by Gasteiger charge is -2.13. The van der Waals surface area contributed by atoms with Crippen LogP contribution in [0.4, 0.5) is 30.7 Å². The smallest absolute Gasteiger partial charge is 0.199 e. The van der Waals surface area contributed by atoms with Crippen molar-refractivity contribution in [2.45, 2.75) is 20.7 Å². The standard InChI is InChI=1S/C2Cl3F3.C2Cl2F4/c3-1(4,6)2(5,7)8;3-1(4,5)2(6,7)8. The molecule has 0 spiro atoms. The van der Waals surface area contributed by atoms with E-state index in [9.17, 15) is 30.7 Å². The van der Waals surface area contributed by atoms with Crippen LogP contribution >= 0.6 is 58.0 Å². The molecule has 0 radical (unpaired) electrons. The zero-order valence-electron chi connectivity index (χ0n) is 6.54. The summed E-state index contributed by atoms with van der Waals surface area (Å²) in [5, 5.41) is -4.23. The van der Waals surface area contributed by atoms with E-state index in [4.69, 9.17) is 0 Å². The Labute approximate surface area is 110 Å². The molecular formula is C4Cl5F7. The van der Waals surface area contributed by atoms with E-state index in [2.05, 4.69) is 58.0 Å². The Morgan fingerprint density at radius 2 is 0.625 bits per heavy atom. The van der Waals surface area contributed by atoms with Crippen molar-refractivity contribution in [1.29, 1.82) is 0 Å². The molecule has 0 aliphatic carbocycles. The Bertz CT molecular complexity index is 159. The van der Waals surface area contributed by atoms with Gasteiger partial charge in [-0.3, -0.25) is 0 Å². The highest BCUT2D eigenvalue weighted by atomic mass is 35.5. The fraction of sp³-hybridized carbons (Fsp3) is 1.00. The van der Waals surface area contributed by atoms with E-state index in [-0.39, 0.29) is 0 Å². The summed E-state index contributed by atoms with van der Waals surface area (Å²) >= 11 is 20.5. The zero-order valence-corrected chi connectivity index (χ0v) is 10.3. The summed E-state index contributed by atoms with van der Waals surface area (Å²) in [6.45, 7) is 0. The lowest BCUT2D eigenvalue weighted by atomic mass is 10.7. The van der Waals surface area contributed by atoms with Crippen LogP contribution in [0.1, 0.15) is 0 Å². The quantitative estimate of drug-likeness (QED) is 0.425. The molecule has 0 rings (SSSR count). The summed E-state index contributed by atoms with van der Waals surface area (Å²) in [5.74, 6) is 0. The molecule has 16 heavy (non-hydrogen) atoms. The summed E-state index contributed by atoms with van der Waals surface area (Å²) in [5.41, 5.74) is 0. The van der Waals surface area contributed by atoms with E-state index in [1.807, 2.05) is 0 Å². The zero-order chi connectivity index (χ0) is 14.0. The van der Waals surface area contributed by atoms with Crippen molar-refractivity contribution >= 4 is 58.0 Å². The van der Waals surface area contributed by atoms with E-state index >= 15 is 0 Å². The average molecular weight is 358 g/mol. The van der Waals surface area contributed by atoms with Crippen molar-refractivity contribution in [3.05, 3.63) is 0 Å². The van der Waals surface area contributed by atoms with Gasteiger partial charge >= 0.3 is 20.7 Å². The predicted octanol–water partition coefficient (Wildman–Crippen LogP) is 5.57. The van der Waals surface area contributed by atoms with Gasteiger partial charge in [-0.1, -0.05) is 46.4 Å². The Kier molecular flexibility index (Phi) is 6.92. The van der Waals surface area contributed by atoms with E-state index in [0.29, 0.717) is 0 Å². The molecule has 0 nitrogen and oxygen atoms in total. The van der Waals surface area contributed by atoms with Gasteiger partial charge in [-0.25, -0.2) is 0 Å². The van der Waals surface area contributed by atoms with Crippen molar-refractivity contribution in [2.75, 3.05) is 0 Å². The number of alkyl halides is 12. The fourth-order valence-corrected chi connectivity index (χ4v) is 0. The second-order valence-electron chi connectivity index (χ2n) is 1.99. The van der Waals surface area contributed by atoms with Gasteiger partial charge in [0.1, 0.15) is 0 Å². The van der Waals surface area contributed by atoms with E-state index in [1.165, 1.54) is 0 Å². The minimum atomic E-state index is -5.20. The van der Waals surface area contributed by atoms with Gasteiger partial charge in [-0.15, -0.1) is 0 Å². The summed E-state index contributed by atoms with van der Waals surface area (Å²) < 4.78 is 70.5. The molecule has 12 heteroatoms. The first-order valence-corrected chi connectivity index (χ1v) is 4.66. The number of rotatable bonds is 1. The maximum Gasteiger partial charge on any atom is 0.452 e. The largest absolute Gasteiger partial charge is 0.452 e. The molecule has 0 amide bonds. The van der Waals surface area contributed by atoms with Crippen LogP contribution in [-0.4, -0.2) is 20.7 Å². The van der Waals surface area contributed by atoms with Gasteiger partial charge in [-0.2, -0.15) is 30.7 Å². The second-order valence-corrected chi connectivity index (χ2v) is 4.94. The van der Waals surface area contributed by atoms with Crippen LogP contribution < -0.4 is 0 Å². The topological polar surface area (TPSA) is 0 Å². The first-order chi connectivity index (χ1) is 6.50. The molecule has 0 saturated heterocycles. The maximum absolute atomic E-state index is 11.5. The van der Waals surface area contributed by atoms with Crippen LogP contribution in [0, 0.1) is 0 Å². The van der Waals surface area contributed by atoms with Gasteiger partial charge < -0.3 is 0 Å². The Morgan fingerprint density at radius 3 is 0.625 bits per heavy atom. The van der Waals surface area contributed by atoms with Gasteiger partial charge in [-0.05, 0) is 11.6 Å². The third-order valence-electron chi connectivity index (χ3n) is 0.643. The van der Waals surface area contributed by atoms with Crippen LogP contribution in [0.2, 0.25) is 0 Å². The minimum absolute atomic E-state index is 3.69. The van der Waals surface area contributed by atoms with Crippen LogP contribution in [0.25, 0.3) is 0 Å². The van der Waals surface area contributed by atoms with E-state index in [1.54, 1.807) is 0 Å². The summed E-state index contributed by atoms with van der Waals surface area (Å²) in [6.07, 6.45) is -5.20. The SMILES string of the molecule is FC(F)(Cl)C(F)(Cl)Cl.FC(F)(F)C(F)(Cl)Cl. The number of hydrogen-bond donors (Lipinski definition) is 0. The first kappa shape index (κ1) is 19.3. The molecule has 0 aliphatic heterocycles. The molecule has 0 fully saturated rings. The van der Waals surface area contributed by atoms with Crippen molar-refractivity contribution in [3.63, 3.8) is 0 Å². The monoisotopic (exact) mass is 356 g/mol. The van der Waals surface area contributed by atoms with Crippen LogP contribution in [0.15, 0.2) is 0 Å². The fourth-order valence-electron chi connectivity index (χ4n) is 0. The summed E-state index contributed by atoms with van der Waals surface area (Å²) in [6, 6.07) is 0. The Balaban J connectivity index is 0. The molecule has 0 atom stereocenters. The van der Waals surface area contributed by atoms with E-state index in [0.717, 1.165) is 0 Å². The molecule has 0 aromatic rings. The third-order valence-corrected chi connectivity index (χ3v) is 2.00. The molecule has 100 valence electrons. The van der Waals surface area contributed by atoms with Crippen LogP contribution in [0.3, 0.4) is 0 Å². The highest BCUT2D eigenvalue weighted by Crippen LogP contribution is 2.42. The summed E-state index contributed by atoms with van der Waals surface area (Å²) in [7, 11) is 0. The van der Waals surface area contributed by atoms with Gasteiger partial charge in [0.05, 0.1) is 0 Å². The van der Waals surface area contributed by atoms with Gasteiger partial charge in [0, 0.05) is 0 Å². The highest BCUT2D eigenvalue weighted by molar-refractivity contribution is 6.51. The summed E-state index contributed by atoms with van der Waals surface area (Å²) in [4.78, 5) is 0. The van der Waals surface area contributed by atoms with Gasteiger partial charge in [0.2, 0.25) is 0 Å². The molecule has 0 aromatic heterocycles. The predicted molar refractivity (Wildman–Crippen MR) is 47.9 cm³/mol. The molecule has 0 aliphatic rings. The first-order valence-electron chi connectivity index (χ1n) is 2.77. The van der Waals surface area contributed by atoms with Crippen LogP contribution in [-0.2, 0) is 0 Å². The lowest BCUT2D eigenvalue weighted by molar-refractivity contribution is -0.170. The normalized spacial score (nSPS) is 14.2. The Hall–Kier alpha value is 0.960. The van der Waals surface area contributed by atoms with E-state index < -0.39 is 20.7 Å². The molecule has 0 bridgehead atoms. The molecule has 0 N–H and O–H groups in total. The third kappa shape index (κ3) is 8.11. The van der Waals surface area contributed by atoms with Crippen molar-refractivity contribution < 1.29 is 30.7 Å². The molecule has 0 unspecified atom stereocenters. The molecule has 0 aromatic carbocycles. The second kappa shape index (κ2) is 5.73. The van der Waals surface area contributed by atoms with Crippen molar-refractivity contribution in [1.82, 2.24) is 0 Å². The number of halogens is 12. The maximum atomic E-state index is 11.5. The van der Waals surface area contributed by atoms with Crippen molar-refractivity contribution in [2.24, 2.45) is 0 Å². The Morgan fingerprint density at radius 1 is 0.500 bits per heavy atom. The van der Waals surface area contributed by atoms with Crippen molar-refractivity contribution in [3.8, 4) is 0 Å². The molecule has 0 saturated carbocycles. The number of hydrogen-bond acceptors (Lipinski definition) is 0. The van der Waals surface area contributed by atoms with Gasteiger partial charge in [0.15, 0.2) is 0 Å². The van der Waals surface area contributed by atoms with Gasteiger partial charge in [0.25, 0.3) is 0 Å². The molecule has 0 heterocycles. The van der Waals surface area contributed by atoms with Crippen LogP contribution in [0.5, 0.6) is 0 Å². The molecular weight excluding hydrogens is 358 g/mol. The average Bonchev–Trinajstić information content (AvgIpc) is 1.77. The minimum Gasteiger partial charge on any atom is -0.199 e.